The van der Waals surface area contributed by atoms with Crippen LogP contribution in [0.25, 0.3) is 0 Å². The minimum Gasteiger partial charge on any atom is -0.508 e. The van der Waals surface area contributed by atoms with Crippen LogP contribution >= 0.6 is 0 Å². The smallest absolute Gasteiger partial charge is 0.259 e. The third-order valence-electron chi connectivity index (χ3n) is 2.82. The zero-order valence-corrected chi connectivity index (χ0v) is 11.0. The summed E-state index contributed by atoms with van der Waals surface area (Å²) in [6.07, 6.45) is 3.27. The third-order valence-corrected chi connectivity index (χ3v) is 2.82. The Labute approximate surface area is 112 Å². The lowest BCUT2D eigenvalue weighted by molar-refractivity contribution is 0.0988. The summed E-state index contributed by atoms with van der Waals surface area (Å²) in [5.74, 6) is 0.0235. The standard InChI is InChI=1S/C15H16N2O2/c1-3-17(13-5-4-6-14(18)8-13)15(19)12-7-11(2)9-16-10-12/h4-10,18H,3H2,1-2H3. The zero-order valence-electron chi connectivity index (χ0n) is 11.0. The number of aromatic hydroxyl groups is 1. The number of hydrogen-bond acceptors (Lipinski definition) is 3. The maximum Gasteiger partial charge on any atom is 0.259 e. The van der Waals surface area contributed by atoms with E-state index < -0.39 is 0 Å². The van der Waals surface area contributed by atoms with Crippen molar-refractivity contribution in [3.8, 4) is 5.75 Å². The summed E-state index contributed by atoms with van der Waals surface area (Å²) in [7, 11) is 0. The quantitative estimate of drug-likeness (QED) is 0.918. The molecule has 0 aliphatic rings. The molecular formula is C15H16N2O2. The van der Waals surface area contributed by atoms with Crippen LogP contribution in [0.15, 0.2) is 42.7 Å². The van der Waals surface area contributed by atoms with E-state index in [9.17, 15) is 9.90 Å². The Balaban J connectivity index is 2.34. The molecule has 1 aromatic carbocycles. The SMILES string of the molecule is CCN(C(=O)c1cncc(C)c1)c1cccc(O)c1. The fraction of sp³-hybridized carbons (Fsp3) is 0.200. The van der Waals surface area contributed by atoms with Crippen molar-refractivity contribution in [3.05, 3.63) is 53.9 Å². The summed E-state index contributed by atoms with van der Waals surface area (Å²) in [5.41, 5.74) is 2.16. The summed E-state index contributed by atoms with van der Waals surface area (Å²) in [5, 5.41) is 9.50. The topological polar surface area (TPSA) is 53.4 Å². The second-order valence-electron chi connectivity index (χ2n) is 4.32. The molecule has 0 bridgehead atoms. The van der Waals surface area contributed by atoms with Crippen LogP contribution in [0.4, 0.5) is 5.69 Å². The average Bonchev–Trinajstić information content (AvgIpc) is 2.39. The van der Waals surface area contributed by atoms with Gasteiger partial charge in [-0.05, 0) is 37.6 Å². The number of aromatic nitrogens is 1. The van der Waals surface area contributed by atoms with E-state index in [0.29, 0.717) is 17.8 Å². The van der Waals surface area contributed by atoms with E-state index >= 15 is 0 Å². The number of anilines is 1. The van der Waals surface area contributed by atoms with Crippen molar-refractivity contribution in [2.75, 3.05) is 11.4 Å². The molecule has 0 aliphatic heterocycles. The van der Waals surface area contributed by atoms with Gasteiger partial charge < -0.3 is 10.0 Å². The Morgan fingerprint density at radius 3 is 2.74 bits per heavy atom. The second kappa shape index (κ2) is 5.52. The van der Waals surface area contributed by atoms with Crippen LogP contribution in [0, 0.1) is 6.92 Å². The molecule has 1 N–H and O–H groups in total. The van der Waals surface area contributed by atoms with Gasteiger partial charge in [-0.1, -0.05) is 6.07 Å². The molecule has 0 saturated heterocycles. The first kappa shape index (κ1) is 13.1. The molecule has 0 spiro atoms. The molecule has 1 heterocycles. The first-order chi connectivity index (χ1) is 9.11. The van der Waals surface area contributed by atoms with Crippen LogP contribution in [0.2, 0.25) is 0 Å². The van der Waals surface area contributed by atoms with E-state index in [1.165, 1.54) is 0 Å². The molecule has 1 aromatic heterocycles. The van der Waals surface area contributed by atoms with E-state index in [1.807, 2.05) is 13.8 Å². The third kappa shape index (κ3) is 2.91. The van der Waals surface area contributed by atoms with Gasteiger partial charge >= 0.3 is 0 Å². The highest BCUT2D eigenvalue weighted by atomic mass is 16.3. The van der Waals surface area contributed by atoms with E-state index in [-0.39, 0.29) is 11.7 Å². The van der Waals surface area contributed by atoms with Crippen molar-refractivity contribution < 1.29 is 9.90 Å². The molecule has 4 heteroatoms. The molecule has 0 aliphatic carbocycles. The van der Waals surface area contributed by atoms with Crippen molar-refractivity contribution >= 4 is 11.6 Å². The molecule has 1 amide bonds. The second-order valence-corrected chi connectivity index (χ2v) is 4.32. The number of nitrogens with zero attached hydrogens (tertiary/aromatic N) is 2. The van der Waals surface area contributed by atoms with Gasteiger partial charge in [-0.3, -0.25) is 9.78 Å². The van der Waals surface area contributed by atoms with Gasteiger partial charge in [0.15, 0.2) is 0 Å². The number of amides is 1. The lowest BCUT2D eigenvalue weighted by Gasteiger charge is -2.21. The summed E-state index contributed by atoms with van der Waals surface area (Å²) in [6, 6.07) is 8.47. The molecule has 2 rings (SSSR count). The van der Waals surface area contributed by atoms with Crippen LogP contribution in [0.1, 0.15) is 22.8 Å². The van der Waals surface area contributed by atoms with E-state index in [1.54, 1.807) is 47.6 Å². The fourth-order valence-electron chi connectivity index (χ4n) is 1.93. The normalized spacial score (nSPS) is 10.2. The number of carbonyl (C=O) groups is 1. The van der Waals surface area contributed by atoms with Gasteiger partial charge in [0.2, 0.25) is 0 Å². The molecule has 0 unspecified atom stereocenters. The highest BCUT2D eigenvalue weighted by Crippen LogP contribution is 2.21. The summed E-state index contributed by atoms with van der Waals surface area (Å²) < 4.78 is 0. The number of carbonyl (C=O) groups excluding carboxylic acids is 1. The van der Waals surface area contributed by atoms with Crippen LogP contribution in [-0.2, 0) is 0 Å². The number of benzene rings is 1. The Hall–Kier alpha value is -2.36. The lowest BCUT2D eigenvalue weighted by Crippen LogP contribution is -2.30. The molecule has 0 atom stereocenters. The predicted octanol–water partition coefficient (Wildman–Crippen LogP) is 2.76. The molecule has 4 nitrogen and oxygen atoms in total. The van der Waals surface area contributed by atoms with E-state index in [0.717, 1.165) is 5.56 Å². The molecule has 0 fully saturated rings. The van der Waals surface area contributed by atoms with Gasteiger partial charge in [0.25, 0.3) is 5.91 Å². The van der Waals surface area contributed by atoms with Gasteiger partial charge in [0.1, 0.15) is 5.75 Å². The highest BCUT2D eigenvalue weighted by molar-refractivity contribution is 6.06. The van der Waals surface area contributed by atoms with Crippen LogP contribution in [0.5, 0.6) is 5.75 Å². The molecule has 19 heavy (non-hydrogen) atoms. The van der Waals surface area contributed by atoms with Gasteiger partial charge in [-0.2, -0.15) is 0 Å². The Morgan fingerprint density at radius 1 is 1.32 bits per heavy atom. The Morgan fingerprint density at radius 2 is 2.11 bits per heavy atom. The van der Waals surface area contributed by atoms with Crippen molar-refractivity contribution in [1.82, 2.24) is 4.98 Å². The van der Waals surface area contributed by atoms with Crippen LogP contribution < -0.4 is 4.90 Å². The fourth-order valence-corrected chi connectivity index (χ4v) is 1.93. The highest BCUT2D eigenvalue weighted by Gasteiger charge is 2.16. The van der Waals surface area contributed by atoms with Gasteiger partial charge in [0, 0.05) is 30.7 Å². The maximum atomic E-state index is 12.4. The summed E-state index contributed by atoms with van der Waals surface area (Å²) >= 11 is 0. The summed E-state index contributed by atoms with van der Waals surface area (Å²) in [6.45, 7) is 4.32. The van der Waals surface area contributed by atoms with Crippen molar-refractivity contribution in [2.24, 2.45) is 0 Å². The minimum atomic E-state index is -0.121. The van der Waals surface area contributed by atoms with Gasteiger partial charge in [0.05, 0.1) is 5.56 Å². The van der Waals surface area contributed by atoms with Crippen LogP contribution in [0.3, 0.4) is 0 Å². The number of hydrogen-bond donors (Lipinski definition) is 1. The van der Waals surface area contributed by atoms with E-state index in [2.05, 4.69) is 4.98 Å². The predicted molar refractivity (Wildman–Crippen MR) is 74.4 cm³/mol. The number of pyridine rings is 1. The monoisotopic (exact) mass is 256 g/mol. The molecule has 0 saturated carbocycles. The Bertz CT molecular complexity index is 596. The molecule has 98 valence electrons. The van der Waals surface area contributed by atoms with Crippen molar-refractivity contribution in [2.45, 2.75) is 13.8 Å². The minimum absolute atomic E-state index is 0.121. The first-order valence-electron chi connectivity index (χ1n) is 6.14. The lowest BCUT2D eigenvalue weighted by atomic mass is 10.2. The first-order valence-corrected chi connectivity index (χ1v) is 6.14. The largest absolute Gasteiger partial charge is 0.508 e. The molecule has 0 radical (unpaired) electrons. The number of phenols is 1. The number of phenolic OH excluding ortho intramolecular Hbond substituents is 1. The Kier molecular flexibility index (Phi) is 3.80. The number of aryl methyl sites for hydroxylation is 1. The van der Waals surface area contributed by atoms with Crippen molar-refractivity contribution in [3.63, 3.8) is 0 Å². The number of rotatable bonds is 3. The molecule has 2 aromatic rings. The van der Waals surface area contributed by atoms with E-state index in [4.69, 9.17) is 0 Å². The van der Waals surface area contributed by atoms with Crippen molar-refractivity contribution in [1.29, 1.82) is 0 Å². The molecular weight excluding hydrogens is 240 g/mol. The maximum absolute atomic E-state index is 12.4. The van der Waals surface area contributed by atoms with Crippen LogP contribution in [-0.4, -0.2) is 22.5 Å². The van der Waals surface area contributed by atoms with Gasteiger partial charge in [-0.25, -0.2) is 0 Å². The van der Waals surface area contributed by atoms with Gasteiger partial charge in [-0.15, -0.1) is 0 Å². The summed E-state index contributed by atoms with van der Waals surface area (Å²) in [4.78, 5) is 18.1. The average molecular weight is 256 g/mol. The zero-order chi connectivity index (χ0) is 13.8.